The summed E-state index contributed by atoms with van der Waals surface area (Å²) in [6, 6.07) is 15.5. The van der Waals surface area contributed by atoms with Crippen LogP contribution in [0.15, 0.2) is 48.5 Å². The molecule has 0 spiro atoms. The number of hydrogen-bond acceptors (Lipinski definition) is 5. The molecular formula is C20H22FN3O3S. The van der Waals surface area contributed by atoms with Crippen molar-refractivity contribution in [1.29, 1.82) is 5.26 Å². The first-order valence-electron chi connectivity index (χ1n) is 8.85. The number of sulfone groups is 1. The maximum atomic E-state index is 13.5. The molecule has 0 aliphatic rings. The molecule has 0 heterocycles. The number of carbonyl (C=O) groups is 1. The molecule has 2 N–H and O–H groups in total. The number of anilines is 1. The van der Waals surface area contributed by atoms with E-state index in [9.17, 15) is 17.6 Å². The minimum absolute atomic E-state index is 0.0532. The van der Waals surface area contributed by atoms with Crippen molar-refractivity contribution in [3.8, 4) is 6.07 Å². The molecule has 0 radical (unpaired) electrons. The summed E-state index contributed by atoms with van der Waals surface area (Å²) >= 11 is 0. The summed E-state index contributed by atoms with van der Waals surface area (Å²) in [4.78, 5) is 11.8. The van der Waals surface area contributed by atoms with E-state index in [1.807, 2.05) is 30.3 Å². The lowest BCUT2D eigenvalue weighted by Crippen LogP contribution is -2.34. The topological polar surface area (TPSA) is 99.1 Å². The van der Waals surface area contributed by atoms with Crippen molar-refractivity contribution >= 4 is 21.4 Å². The van der Waals surface area contributed by atoms with E-state index in [0.717, 1.165) is 5.56 Å². The van der Waals surface area contributed by atoms with E-state index < -0.39 is 27.3 Å². The number of halogens is 1. The summed E-state index contributed by atoms with van der Waals surface area (Å²) in [5, 5.41) is 14.3. The third kappa shape index (κ3) is 7.00. The Labute approximate surface area is 164 Å². The second kappa shape index (κ2) is 10.4. The van der Waals surface area contributed by atoms with E-state index in [-0.39, 0.29) is 24.4 Å². The van der Waals surface area contributed by atoms with E-state index in [2.05, 4.69) is 10.6 Å². The van der Waals surface area contributed by atoms with E-state index in [4.69, 9.17) is 5.26 Å². The highest BCUT2D eigenvalue weighted by molar-refractivity contribution is 7.92. The summed E-state index contributed by atoms with van der Waals surface area (Å²) in [6.45, 7) is 0.387. The van der Waals surface area contributed by atoms with Gasteiger partial charge in [0.2, 0.25) is 5.91 Å². The van der Waals surface area contributed by atoms with Gasteiger partial charge in [0.25, 0.3) is 0 Å². The minimum atomic E-state index is -3.48. The Morgan fingerprint density at radius 2 is 1.82 bits per heavy atom. The average Bonchev–Trinajstić information content (AvgIpc) is 2.65. The van der Waals surface area contributed by atoms with Crippen LogP contribution in [0.3, 0.4) is 0 Å². The smallest absolute Gasteiger partial charge is 0.235 e. The molecule has 0 saturated carbocycles. The third-order valence-electron chi connectivity index (χ3n) is 4.00. The maximum Gasteiger partial charge on any atom is 0.235 e. The average molecular weight is 403 g/mol. The van der Waals surface area contributed by atoms with Crippen molar-refractivity contribution in [1.82, 2.24) is 5.32 Å². The molecule has 2 aromatic carbocycles. The fourth-order valence-electron chi connectivity index (χ4n) is 2.65. The molecule has 0 bridgehead atoms. The molecule has 0 atom stereocenters. The van der Waals surface area contributed by atoms with Crippen LogP contribution in [-0.2, 0) is 21.1 Å². The number of carbonyl (C=O) groups excluding carboxylic acids is 1. The van der Waals surface area contributed by atoms with Crippen LogP contribution in [0.1, 0.15) is 17.5 Å². The quantitative estimate of drug-likeness (QED) is 0.593. The summed E-state index contributed by atoms with van der Waals surface area (Å²) in [7, 11) is -3.48. The molecule has 0 aliphatic carbocycles. The summed E-state index contributed by atoms with van der Waals surface area (Å²) in [5.74, 6) is -1.83. The molecular weight excluding hydrogens is 381 g/mol. The second-order valence-electron chi connectivity index (χ2n) is 6.23. The van der Waals surface area contributed by atoms with Gasteiger partial charge in [-0.15, -0.1) is 0 Å². The Hall–Kier alpha value is -2.92. The number of rotatable bonds is 10. The van der Waals surface area contributed by atoms with Crippen molar-refractivity contribution in [2.45, 2.75) is 12.8 Å². The summed E-state index contributed by atoms with van der Waals surface area (Å²) < 4.78 is 37.6. The maximum absolute atomic E-state index is 13.5. The molecule has 0 fully saturated rings. The number of nitriles is 1. The molecule has 0 aliphatic heterocycles. The van der Waals surface area contributed by atoms with Crippen LogP contribution < -0.4 is 10.6 Å². The second-order valence-corrected chi connectivity index (χ2v) is 8.42. The lowest BCUT2D eigenvalue weighted by Gasteiger charge is -2.10. The van der Waals surface area contributed by atoms with Crippen LogP contribution in [0.4, 0.5) is 10.1 Å². The Morgan fingerprint density at radius 1 is 1.07 bits per heavy atom. The predicted octanol–water partition coefficient (Wildman–Crippen LogP) is 2.27. The van der Waals surface area contributed by atoms with Gasteiger partial charge < -0.3 is 10.6 Å². The van der Waals surface area contributed by atoms with Crippen LogP contribution >= 0.6 is 0 Å². The minimum Gasteiger partial charge on any atom is -0.382 e. The summed E-state index contributed by atoms with van der Waals surface area (Å²) in [5.41, 5.74) is 1.28. The zero-order chi connectivity index (χ0) is 20.4. The van der Waals surface area contributed by atoms with E-state index >= 15 is 0 Å². The molecule has 0 aromatic heterocycles. The lowest BCUT2D eigenvalue weighted by molar-refractivity contribution is -0.118. The van der Waals surface area contributed by atoms with Gasteiger partial charge in [-0.05, 0) is 30.5 Å². The van der Waals surface area contributed by atoms with Gasteiger partial charge in [-0.25, -0.2) is 12.8 Å². The largest absolute Gasteiger partial charge is 0.382 e. The molecule has 2 aromatic rings. The number of hydrogen-bond donors (Lipinski definition) is 2. The monoisotopic (exact) mass is 403 g/mol. The van der Waals surface area contributed by atoms with E-state index in [1.165, 1.54) is 12.1 Å². The fourth-order valence-corrected chi connectivity index (χ4v) is 3.88. The SMILES string of the molecule is N#Cc1c(F)cccc1NCCNC(=O)CS(=O)(=O)CCCc1ccccc1. The molecule has 8 heteroatoms. The molecule has 28 heavy (non-hydrogen) atoms. The summed E-state index contributed by atoms with van der Waals surface area (Å²) in [6.07, 6.45) is 1.10. The first-order chi connectivity index (χ1) is 13.4. The van der Waals surface area contributed by atoms with E-state index in [0.29, 0.717) is 18.5 Å². The highest BCUT2D eigenvalue weighted by Gasteiger charge is 2.16. The predicted molar refractivity (Wildman–Crippen MR) is 106 cm³/mol. The number of nitrogens with zero attached hydrogens (tertiary/aromatic N) is 1. The first kappa shape index (κ1) is 21.4. The molecule has 2 rings (SSSR count). The van der Waals surface area contributed by atoms with Crippen molar-refractivity contribution in [2.75, 3.05) is 29.9 Å². The van der Waals surface area contributed by atoms with Gasteiger partial charge >= 0.3 is 0 Å². The zero-order valence-corrected chi connectivity index (χ0v) is 16.1. The first-order valence-corrected chi connectivity index (χ1v) is 10.7. The molecule has 6 nitrogen and oxygen atoms in total. The van der Waals surface area contributed by atoms with Crippen LogP contribution in [0.25, 0.3) is 0 Å². The Morgan fingerprint density at radius 3 is 2.54 bits per heavy atom. The Kier molecular flexibility index (Phi) is 7.96. The van der Waals surface area contributed by atoms with Crippen molar-refractivity contribution in [3.63, 3.8) is 0 Å². The van der Waals surface area contributed by atoms with E-state index in [1.54, 1.807) is 12.1 Å². The van der Waals surface area contributed by atoms with Crippen LogP contribution in [0, 0.1) is 17.1 Å². The van der Waals surface area contributed by atoms with Gasteiger partial charge in [-0.2, -0.15) is 5.26 Å². The van der Waals surface area contributed by atoms with Crippen molar-refractivity contribution in [2.24, 2.45) is 0 Å². The standard InChI is InChI=1S/C20H22FN3O3S/c21-18-9-4-10-19(17(18)14-22)23-11-12-24-20(25)15-28(26,27)13-5-8-16-6-2-1-3-7-16/h1-4,6-7,9-10,23H,5,8,11-13,15H2,(H,24,25). The van der Waals surface area contributed by atoms with Gasteiger partial charge in [0.1, 0.15) is 23.2 Å². The third-order valence-corrected chi connectivity index (χ3v) is 5.62. The van der Waals surface area contributed by atoms with Gasteiger partial charge in [0, 0.05) is 13.1 Å². The Bertz CT molecular complexity index is 941. The normalized spacial score (nSPS) is 10.9. The zero-order valence-electron chi connectivity index (χ0n) is 15.3. The Balaban J connectivity index is 1.70. The fraction of sp³-hybridized carbons (Fsp3) is 0.300. The highest BCUT2D eigenvalue weighted by Crippen LogP contribution is 2.17. The van der Waals surface area contributed by atoms with Gasteiger partial charge in [-0.3, -0.25) is 4.79 Å². The lowest BCUT2D eigenvalue weighted by atomic mass is 10.1. The highest BCUT2D eigenvalue weighted by atomic mass is 32.2. The molecule has 148 valence electrons. The van der Waals surface area contributed by atoms with Crippen LogP contribution in [0.2, 0.25) is 0 Å². The number of nitrogens with one attached hydrogen (secondary N) is 2. The van der Waals surface area contributed by atoms with Crippen LogP contribution in [-0.4, -0.2) is 38.9 Å². The number of benzene rings is 2. The molecule has 0 saturated heterocycles. The van der Waals surface area contributed by atoms with Crippen molar-refractivity contribution < 1.29 is 17.6 Å². The number of amides is 1. The van der Waals surface area contributed by atoms with Crippen molar-refractivity contribution in [3.05, 3.63) is 65.5 Å². The molecule has 1 amide bonds. The van der Waals surface area contributed by atoms with Crippen LogP contribution in [0.5, 0.6) is 0 Å². The molecule has 0 unspecified atom stereocenters. The van der Waals surface area contributed by atoms with Gasteiger partial charge in [0.05, 0.1) is 11.4 Å². The number of aryl methyl sites for hydroxylation is 1. The van der Waals surface area contributed by atoms with Gasteiger partial charge in [0.15, 0.2) is 9.84 Å². The van der Waals surface area contributed by atoms with Gasteiger partial charge in [-0.1, -0.05) is 36.4 Å².